The Morgan fingerprint density at radius 3 is 2.80 bits per heavy atom. The van der Waals surface area contributed by atoms with Gasteiger partial charge in [-0.3, -0.25) is 0 Å². The Kier molecular flexibility index (Phi) is 2.16. The van der Waals surface area contributed by atoms with Crippen LogP contribution in [0.3, 0.4) is 0 Å². The van der Waals surface area contributed by atoms with Gasteiger partial charge in [0.05, 0.1) is 10.5 Å². The van der Waals surface area contributed by atoms with Crippen LogP contribution in [0, 0.1) is 5.82 Å². The first-order valence-corrected chi connectivity index (χ1v) is 4.57. The van der Waals surface area contributed by atoms with Gasteiger partial charge >= 0.3 is 5.97 Å². The smallest absolute Gasteiger partial charge is 0.352 e. The second-order valence-electron chi connectivity index (χ2n) is 3.19. The van der Waals surface area contributed by atoms with Crippen LogP contribution in [0.25, 0.3) is 10.9 Å². The maximum Gasteiger partial charge on any atom is 0.352 e. The molecule has 0 radical (unpaired) electrons. The molecule has 5 heteroatoms. The molecule has 0 amide bonds. The lowest BCUT2D eigenvalue weighted by atomic mass is 10.2. The number of aromatic nitrogens is 1. The predicted octanol–water partition coefficient (Wildman–Crippen LogP) is 2.67. The molecule has 0 bridgehead atoms. The number of rotatable bonds is 1. The zero-order valence-electron chi connectivity index (χ0n) is 7.79. The van der Waals surface area contributed by atoms with E-state index in [4.69, 9.17) is 16.7 Å². The van der Waals surface area contributed by atoms with Gasteiger partial charge in [-0.05, 0) is 18.2 Å². The number of hydrogen-bond donors (Lipinski definition) is 1. The van der Waals surface area contributed by atoms with Crippen molar-refractivity contribution in [3.8, 4) is 0 Å². The summed E-state index contributed by atoms with van der Waals surface area (Å²) in [4.78, 5) is 10.8. The molecule has 0 fully saturated rings. The largest absolute Gasteiger partial charge is 0.477 e. The Hall–Kier alpha value is -1.55. The highest BCUT2D eigenvalue weighted by molar-refractivity contribution is 6.31. The Morgan fingerprint density at radius 1 is 1.53 bits per heavy atom. The minimum absolute atomic E-state index is 0.00922. The predicted molar refractivity (Wildman–Crippen MR) is 54.8 cm³/mol. The van der Waals surface area contributed by atoms with E-state index in [1.165, 1.54) is 16.7 Å². The van der Waals surface area contributed by atoms with Gasteiger partial charge in [-0.1, -0.05) is 11.6 Å². The SMILES string of the molecule is Cn1c(C(=O)O)cc2c(F)c(Cl)ccc21. The molecule has 1 N–H and O–H groups in total. The summed E-state index contributed by atoms with van der Waals surface area (Å²) in [7, 11) is 1.57. The third-order valence-electron chi connectivity index (χ3n) is 2.33. The van der Waals surface area contributed by atoms with Crippen LogP contribution in [-0.2, 0) is 7.05 Å². The number of carboxylic acid groups (broad SMARTS) is 1. The summed E-state index contributed by atoms with van der Waals surface area (Å²) in [5, 5.41) is 9.07. The zero-order valence-corrected chi connectivity index (χ0v) is 8.55. The number of aromatic carboxylic acids is 1. The molecule has 0 saturated carbocycles. The topological polar surface area (TPSA) is 42.2 Å². The number of halogens is 2. The summed E-state index contributed by atoms with van der Waals surface area (Å²) in [6.07, 6.45) is 0. The highest BCUT2D eigenvalue weighted by Crippen LogP contribution is 2.26. The summed E-state index contributed by atoms with van der Waals surface area (Å²) in [6.45, 7) is 0. The van der Waals surface area contributed by atoms with E-state index in [-0.39, 0.29) is 16.1 Å². The Morgan fingerprint density at radius 2 is 2.20 bits per heavy atom. The van der Waals surface area contributed by atoms with Crippen LogP contribution in [0.1, 0.15) is 10.5 Å². The van der Waals surface area contributed by atoms with Crippen molar-refractivity contribution in [3.63, 3.8) is 0 Å². The maximum atomic E-state index is 13.5. The minimum atomic E-state index is -1.09. The molecule has 0 aliphatic carbocycles. The van der Waals surface area contributed by atoms with Crippen LogP contribution in [0.15, 0.2) is 18.2 Å². The number of fused-ring (bicyclic) bond motifs is 1. The average Bonchev–Trinajstić information content (AvgIpc) is 2.51. The molecular weight excluding hydrogens is 221 g/mol. The molecule has 0 saturated heterocycles. The zero-order chi connectivity index (χ0) is 11.2. The summed E-state index contributed by atoms with van der Waals surface area (Å²) in [6, 6.07) is 4.27. The number of hydrogen-bond acceptors (Lipinski definition) is 1. The Labute approximate surface area is 89.7 Å². The molecule has 0 aliphatic heterocycles. The van der Waals surface area contributed by atoms with Crippen molar-refractivity contribution < 1.29 is 14.3 Å². The Bertz CT molecular complexity index is 562. The van der Waals surface area contributed by atoms with E-state index in [0.717, 1.165) is 0 Å². The monoisotopic (exact) mass is 227 g/mol. The Balaban J connectivity index is 2.88. The molecule has 15 heavy (non-hydrogen) atoms. The van der Waals surface area contributed by atoms with Crippen molar-refractivity contribution in [1.82, 2.24) is 4.57 Å². The lowest BCUT2D eigenvalue weighted by molar-refractivity contribution is 0.0687. The van der Waals surface area contributed by atoms with E-state index in [1.54, 1.807) is 13.1 Å². The van der Waals surface area contributed by atoms with Crippen LogP contribution in [0.2, 0.25) is 5.02 Å². The third kappa shape index (κ3) is 1.37. The second kappa shape index (κ2) is 3.24. The van der Waals surface area contributed by atoms with E-state index in [0.29, 0.717) is 5.52 Å². The molecule has 0 spiro atoms. The van der Waals surface area contributed by atoms with E-state index in [2.05, 4.69) is 0 Å². The first kappa shape index (κ1) is 9.98. The number of nitrogens with zero attached hydrogens (tertiary/aromatic N) is 1. The van der Waals surface area contributed by atoms with Gasteiger partial charge in [0.1, 0.15) is 5.69 Å². The van der Waals surface area contributed by atoms with Gasteiger partial charge in [-0.15, -0.1) is 0 Å². The average molecular weight is 228 g/mol. The summed E-state index contributed by atoms with van der Waals surface area (Å²) in [5.41, 5.74) is 0.542. The molecule has 1 aromatic heterocycles. The maximum absolute atomic E-state index is 13.5. The molecule has 3 nitrogen and oxygen atoms in total. The lowest BCUT2D eigenvalue weighted by Crippen LogP contribution is -2.03. The van der Waals surface area contributed by atoms with Crippen LogP contribution in [-0.4, -0.2) is 15.6 Å². The van der Waals surface area contributed by atoms with E-state index >= 15 is 0 Å². The molecule has 0 unspecified atom stereocenters. The fourth-order valence-corrected chi connectivity index (χ4v) is 1.72. The third-order valence-corrected chi connectivity index (χ3v) is 2.62. The van der Waals surface area contributed by atoms with E-state index in [9.17, 15) is 9.18 Å². The molecule has 78 valence electrons. The van der Waals surface area contributed by atoms with E-state index in [1.807, 2.05) is 0 Å². The molecular formula is C10H7ClFNO2. The van der Waals surface area contributed by atoms with Gasteiger partial charge in [-0.2, -0.15) is 0 Å². The second-order valence-corrected chi connectivity index (χ2v) is 3.60. The van der Waals surface area contributed by atoms with Crippen LogP contribution in [0.4, 0.5) is 4.39 Å². The first-order chi connectivity index (χ1) is 7.02. The standard InChI is InChI=1S/C10H7ClFNO2/c1-13-7-3-2-6(11)9(12)5(7)4-8(13)10(14)15/h2-4H,1H3,(H,14,15). The fraction of sp³-hybridized carbons (Fsp3) is 0.100. The molecule has 2 aromatic rings. The van der Waals surface area contributed by atoms with Gasteiger partial charge in [0, 0.05) is 12.4 Å². The van der Waals surface area contributed by atoms with Crippen molar-refractivity contribution in [2.75, 3.05) is 0 Å². The molecule has 1 heterocycles. The van der Waals surface area contributed by atoms with Crippen molar-refractivity contribution in [3.05, 3.63) is 34.7 Å². The van der Waals surface area contributed by atoms with Crippen molar-refractivity contribution in [2.24, 2.45) is 7.05 Å². The highest BCUT2D eigenvalue weighted by Gasteiger charge is 2.15. The molecule has 0 aliphatic rings. The van der Waals surface area contributed by atoms with Crippen LogP contribution in [0.5, 0.6) is 0 Å². The van der Waals surface area contributed by atoms with E-state index < -0.39 is 11.8 Å². The number of carbonyl (C=O) groups is 1. The van der Waals surface area contributed by atoms with Gasteiger partial charge in [0.25, 0.3) is 0 Å². The van der Waals surface area contributed by atoms with Gasteiger partial charge in [0.15, 0.2) is 5.82 Å². The molecule has 0 atom stereocenters. The van der Waals surface area contributed by atoms with Gasteiger partial charge in [-0.25, -0.2) is 9.18 Å². The minimum Gasteiger partial charge on any atom is -0.477 e. The van der Waals surface area contributed by atoms with Crippen molar-refractivity contribution in [1.29, 1.82) is 0 Å². The number of carboxylic acids is 1. The quantitative estimate of drug-likeness (QED) is 0.814. The van der Waals surface area contributed by atoms with Gasteiger partial charge in [0.2, 0.25) is 0 Å². The highest BCUT2D eigenvalue weighted by atomic mass is 35.5. The van der Waals surface area contributed by atoms with Crippen molar-refractivity contribution >= 4 is 28.5 Å². The number of aryl methyl sites for hydroxylation is 1. The fourth-order valence-electron chi connectivity index (χ4n) is 1.55. The lowest BCUT2D eigenvalue weighted by Gasteiger charge is -1.99. The molecule has 1 aromatic carbocycles. The number of benzene rings is 1. The van der Waals surface area contributed by atoms with Crippen LogP contribution >= 0.6 is 11.6 Å². The van der Waals surface area contributed by atoms with Gasteiger partial charge < -0.3 is 9.67 Å². The first-order valence-electron chi connectivity index (χ1n) is 4.19. The summed E-state index contributed by atoms with van der Waals surface area (Å²) < 4.78 is 14.9. The van der Waals surface area contributed by atoms with Crippen LogP contribution < -0.4 is 0 Å². The summed E-state index contributed by atoms with van der Waals surface area (Å²) >= 11 is 5.60. The summed E-state index contributed by atoms with van der Waals surface area (Å²) in [5.74, 6) is -1.68. The molecule has 2 rings (SSSR count). The normalized spacial score (nSPS) is 10.9. The van der Waals surface area contributed by atoms with Crippen molar-refractivity contribution in [2.45, 2.75) is 0 Å².